The number of hydrogen-bond acceptors (Lipinski definition) is 4. The van der Waals surface area contributed by atoms with E-state index in [4.69, 9.17) is 16.3 Å². The molecule has 0 fully saturated rings. The number of rotatable bonds is 6. The van der Waals surface area contributed by atoms with Crippen LogP contribution >= 0.6 is 22.9 Å². The molecule has 0 spiro atoms. The van der Waals surface area contributed by atoms with Gasteiger partial charge >= 0.3 is 0 Å². The van der Waals surface area contributed by atoms with Crippen LogP contribution in [0.3, 0.4) is 0 Å². The summed E-state index contributed by atoms with van der Waals surface area (Å²) in [5.41, 5.74) is 3.16. The molecule has 6 heteroatoms. The normalized spacial score (nSPS) is 11.8. The second-order valence-electron chi connectivity index (χ2n) is 5.80. The Labute approximate surface area is 161 Å². The molecule has 1 unspecified atom stereocenters. The average molecular weight is 387 g/mol. The van der Waals surface area contributed by atoms with Crippen molar-refractivity contribution in [2.45, 2.75) is 26.4 Å². The lowest BCUT2D eigenvalue weighted by atomic mass is 10.1. The van der Waals surface area contributed by atoms with Gasteiger partial charge in [-0.05, 0) is 37.1 Å². The summed E-state index contributed by atoms with van der Waals surface area (Å²) in [4.78, 5) is 16.8. The number of ether oxygens (including phenoxy) is 1. The third-order valence-corrected chi connectivity index (χ3v) is 4.86. The highest BCUT2D eigenvalue weighted by Crippen LogP contribution is 2.25. The molecule has 0 saturated heterocycles. The molecule has 0 aliphatic rings. The van der Waals surface area contributed by atoms with E-state index in [1.165, 1.54) is 16.9 Å². The molecule has 2 aromatic carbocycles. The number of thiazole rings is 1. The Balaban J connectivity index is 1.63. The smallest absolute Gasteiger partial charge is 0.266 e. The van der Waals surface area contributed by atoms with Gasteiger partial charge < -0.3 is 4.74 Å². The van der Waals surface area contributed by atoms with Crippen LogP contribution in [0.1, 0.15) is 19.4 Å². The first-order valence-corrected chi connectivity index (χ1v) is 9.59. The van der Waals surface area contributed by atoms with Gasteiger partial charge in [-0.2, -0.15) is 0 Å². The van der Waals surface area contributed by atoms with Gasteiger partial charge in [0, 0.05) is 16.0 Å². The van der Waals surface area contributed by atoms with Crippen LogP contribution in [0.25, 0.3) is 11.3 Å². The second-order valence-corrected chi connectivity index (χ2v) is 7.09. The van der Waals surface area contributed by atoms with Crippen LogP contribution in [0.4, 0.5) is 5.13 Å². The number of amides is 1. The number of halogens is 1. The molecule has 3 aromatic rings. The van der Waals surface area contributed by atoms with Crippen LogP contribution in [0, 0.1) is 0 Å². The van der Waals surface area contributed by atoms with Crippen molar-refractivity contribution >= 4 is 34.0 Å². The number of aryl methyl sites for hydroxylation is 1. The summed E-state index contributed by atoms with van der Waals surface area (Å²) in [6.45, 7) is 3.81. The predicted molar refractivity (Wildman–Crippen MR) is 107 cm³/mol. The molecule has 3 rings (SSSR count). The minimum Gasteiger partial charge on any atom is -0.481 e. The van der Waals surface area contributed by atoms with Crippen molar-refractivity contribution in [2.24, 2.45) is 0 Å². The fourth-order valence-corrected chi connectivity index (χ4v) is 3.28. The lowest BCUT2D eigenvalue weighted by Gasteiger charge is -2.13. The number of anilines is 1. The molecule has 1 atom stereocenters. The highest BCUT2D eigenvalue weighted by atomic mass is 35.5. The molecular weight excluding hydrogens is 368 g/mol. The van der Waals surface area contributed by atoms with E-state index in [1.54, 1.807) is 31.2 Å². The molecule has 0 saturated carbocycles. The first kappa shape index (κ1) is 18.4. The lowest BCUT2D eigenvalue weighted by Crippen LogP contribution is -2.30. The maximum Gasteiger partial charge on any atom is 0.266 e. The standard InChI is InChI=1S/C20H19ClN2O2S/c1-3-14-7-9-15(10-8-14)18-12-26-20(22-18)23-19(24)13(2)25-17-6-4-5-16(21)11-17/h4-13H,3H2,1-2H3,(H,22,23,24). The van der Waals surface area contributed by atoms with Gasteiger partial charge in [0.25, 0.3) is 5.91 Å². The van der Waals surface area contributed by atoms with Crippen molar-refractivity contribution in [3.05, 3.63) is 64.5 Å². The molecule has 134 valence electrons. The van der Waals surface area contributed by atoms with E-state index in [-0.39, 0.29) is 5.91 Å². The number of carbonyl (C=O) groups is 1. The van der Waals surface area contributed by atoms with Crippen molar-refractivity contribution in [1.82, 2.24) is 4.98 Å². The number of carbonyl (C=O) groups excluding carboxylic acids is 1. The summed E-state index contributed by atoms with van der Waals surface area (Å²) >= 11 is 7.32. The van der Waals surface area contributed by atoms with Crippen molar-refractivity contribution in [3.8, 4) is 17.0 Å². The van der Waals surface area contributed by atoms with E-state index in [0.717, 1.165) is 17.7 Å². The Kier molecular flexibility index (Phi) is 5.91. The molecule has 1 amide bonds. The molecule has 0 aliphatic carbocycles. The molecule has 0 aliphatic heterocycles. The number of aromatic nitrogens is 1. The minimum atomic E-state index is -0.662. The summed E-state index contributed by atoms with van der Waals surface area (Å²) < 4.78 is 5.63. The maximum absolute atomic E-state index is 12.3. The fraction of sp³-hybridized carbons (Fsp3) is 0.200. The first-order valence-electron chi connectivity index (χ1n) is 8.33. The van der Waals surface area contributed by atoms with E-state index in [9.17, 15) is 4.79 Å². The van der Waals surface area contributed by atoms with Crippen LogP contribution in [0.5, 0.6) is 5.75 Å². The summed E-state index contributed by atoms with van der Waals surface area (Å²) in [5, 5.41) is 5.84. The van der Waals surface area contributed by atoms with Crippen molar-refractivity contribution < 1.29 is 9.53 Å². The Hall–Kier alpha value is -2.37. The van der Waals surface area contributed by atoms with Gasteiger partial charge in [0.1, 0.15) is 5.75 Å². The Morgan fingerprint density at radius 3 is 2.73 bits per heavy atom. The SMILES string of the molecule is CCc1ccc(-c2csc(NC(=O)C(C)Oc3cccc(Cl)c3)n2)cc1. The summed E-state index contributed by atoms with van der Waals surface area (Å²) in [5.74, 6) is 0.295. The highest BCUT2D eigenvalue weighted by Gasteiger charge is 2.17. The van der Waals surface area contributed by atoms with Gasteiger partial charge in [-0.15, -0.1) is 11.3 Å². The van der Waals surface area contributed by atoms with E-state index in [0.29, 0.717) is 15.9 Å². The predicted octanol–water partition coefficient (Wildman–Crippen LogP) is 5.43. The molecule has 1 heterocycles. The van der Waals surface area contributed by atoms with E-state index in [2.05, 4.69) is 29.4 Å². The van der Waals surface area contributed by atoms with Crippen LogP contribution in [0.15, 0.2) is 53.9 Å². The van der Waals surface area contributed by atoms with Crippen molar-refractivity contribution in [1.29, 1.82) is 0 Å². The van der Waals surface area contributed by atoms with Gasteiger partial charge in [0.2, 0.25) is 0 Å². The topological polar surface area (TPSA) is 51.2 Å². The van der Waals surface area contributed by atoms with Crippen molar-refractivity contribution in [3.63, 3.8) is 0 Å². The van der Waals surface area contributed by atoms with Crippen LogP contribution < -0.4 is 10.1 Å². The molecular formula is C20H19ClN2O2S. The minimum absolute atomic E-state index is 0.257. The zero-order chi connectivity index (χ0) is 18.5. The highest BCUT2D eigenvalue weighted by molar-refractivity contribution is 7.14. The Morgan fingerprint density at radius 2 is 2.04 bits per heavy atom. The van der Waals surface area contributed by atoms with E-state index >= 15 is 0 Å². The Morgan fingerprint density at radius 1 is 1.27 bits per heavy atom. The van der Waals surface area contributed by atoms with Gasteiger partial charge in [-0.25, -0.2) is 4.98 Å². The van der Waals surface area contributed by atoms with Crippen molar-refractivity contribution in [2.75, 3.05) is 5.32 Å². The monoisotopic (exact) mass is 386 g/mol. The van der Waals surface area contributed by atoms with Crippen LogP contribution in [0.2, 0.25) is 5.02 Å². The largest absolute Gasteiger partial charge is 0.481 e. The molecule has 1 aromatic heterocycles. The van der Waals surface area contributed by atoms with Gasteiger partial charge in [0.05, 0.1) is 5.69 Å². The molecule has 1 N–H and O–H groups in total. The second kappa shape index (κ2) is 8.34. The number of hydrogen-bond donors (Lipinski definition) is 1. The zero-order valence-corrected chi connectivity index (χ0v) is 16.1. The molecule has 0 radical (unpaired) electrons. The summed E-state index contributed by atoms with van der Waals surface area (Å²) in [6, 6.07) is 15.2. The van der Waals surface area contributed by atoms with Gasteiger partial charge in [-0.1, -0.05) is 48.9 Å². The summed E-state index contributed by atoms with van der Waals surface area (Å²) in [6.07, 6.45) is 0.341. The van der Waals surface area contributed by atoms with Gasteiger partial charge in [-0.3, -0.25) is 10.1 Å². The van der Waals surface area contributed by atoms with E-state index < -0.39 is 6.10 Å². The number of nitrogens with zero attached hydrogens (tertiary/aromatic N) is 1. The quantitative estimate of drug-likeness (QED) is 0.614. The van der Waals surface area contributed by atoms with Crippen LogP contribution in [-0.4, -0.2) is 17.0 Å². The lowest BCUT2D eigenvalue weighted by molar-refractivity contribution is -0.122. The summed E-state index contributed by atoms with van der Waals surface area (Å²) in [7, 11) is 0. The van der Waals surface area contributed by atoms with Gasteiger partial charge in [0.15, 0.2) is 11.2 Å². The third-order valence-electron chi connectivity index (χ3n) is 3.87. The number of benzene rings is 2. The Bertz CT molecular complexity index is 893. The molecule has 4 nitrogen and oxygen atoms in total. The molecule has 0 bridgehead atoms. The average Bonchev–Trinajstić information content (AvgIpc) is 3.10. The van der Waals surface area contributed by atoms with Crippen LogP contribution in [-0.2, 0) is 11.2 Å². The maximum atomic E-state index is 12.3. The molecule has 26 heavy (non-hydrogen) atoms. The fourth-order valence-electron chi connectivity index (χ4n) is 2.38. The zero-order valence-electron chi connectivity index (χ0n) is 14.5. The first-order chi connectivity index (χ1) is 12.5. The van der Waals surface area contributed by atoms with E-state index in [1.807, 2.05) is 17.5 Å². The number of nitrogens with one attached hydrogen (secondary N) is 1. The third kappa shape index (κ3) is 4.62.